The van der Waals surface area contributed by atoms with Gasteiger partial charge in [-0.3, -0.25) is 14.5 Å². The first kappa shape index (κ1) is 25.9. The number of benzene rings is 1. The number of methoxy groups -OCH3 is 1. The van der Waals surface area contributed by atoms with E-state index in [4.69, 9.17) is 16.3 Å². The van der Waals surface area contributed by atoms with Crippen molar-refractivity contribution in [3.8, 4) is 0 Å². The van der Waals surface area contributed by atoms with Gasteiger partial charge in [-0.1, -0.05) is 11.6 Å². The van der Waals surface area contributed by atoms with E-state index >= 15 is 0 Å². The van der Waals surface area contributed by atoms with Gasteiger partial charge in [0.15, 0.2) is 5.01 Å². The maximum absolute atomic E-state index is 13.0. The molecule has 8 nitrogen and oxygen atoms in total. The molecule has 0 radical (unpaired) electrons. The van der Waals surface area contributed by atoms with Crippen LogP contribution in [0.15, 0.2) is 24.3 Å². The highest BCUT2D eigenvalue weighted by molar-refractivity contribution is 7.13. The molecule has 3 N–H and O–H groups in total. The molecule has 1 saturated carbocycles. The van der Waals surface area contributed by atoms with Crippen molar-refractivity contribution in [2.75, 3.05) is 26.8 Å². The molecule has 0 unspecified atom stereocenters. The normalized spacial score (nSPS) is 19.8. The first-order chi connectivity index (χ1) is 16.5. The third-order valence-corrected chi connectivity index (χ3v) is 7.91. The summed E-state index contributed by atoms with van der Waals surface area (Å²) < 4.78 is 5.18. The Morgan fingerprint density at radius 1 is 1.23 bits per heavy atom. The standard InChI is InChI=1S/C24H28ClN5O3S.ClH/c1-33-10-9-30-8-7-19-21(13-30)34-24(29-19)23(32)28-18-4-2-3-17(18)27-22(31)20-12-14-11-15(25)5-6-16(14)26-20;/h5-6,11-12,17-18,26H,2-4,7-10,13H2,1H3,(H,27,31)(H,28,32);1H/t17-,18-;/m1./s1. The molecule has 0 spiro atoms. The van der Waals surface area contributed by atoms with Crippen LogP contribution in [0.3, 0.4) is 0 Å². The molecule has 1 aliphatic carbocycles. The molecule has 35 heavy (non-hydrogen) atoms. The largest absolute Gasteiger partial charge is 0.383 e. The molecule has 2 atom stereocenters. The molecule has 188 valence electrons. The number of nitrogens with one attached hydrogen (secondary N) is 3. The molecule has 2 aliphatic rings. The highest BCUT2D eigenvalue weighted by Gasteiger charge is 2.32. The van der Waals surface area contributed by atoms with Crippen molar-refractivity contribution in [2.24, 2.45) is 0 Å². The lowest BCUT2D eigenvalue weighted by atomic mass is 10.1. The fourth-order valence-corrected chi connectivity index (χ4v) is 6.00. The summed E-state index contributed by atoms with van der Waals surface area (Å²) >= 11 is 7.53. The van der Waals surface area contributed by atoms with Gasteiger partial charge in [0.05, 0.1) is 12.3 Å². The number of fused-ring (bicyclic) bond motifs is 2. The first-order valence-electron chi connectivity index (χ1n) is 11.6. The summed E-state index contributed by atoms with van der Waals surface area (Å²) in [4.78, 5) is 37.1. The van der Waals surface area contributed by atoms with Crippen LogP contribution in [0.1, 0.15) is 50.1 Å². The lowest BCUT2D eigenvalue weighted by Gasteiger charge is -2.25. The molecule has 3 aromatic rings. The van der Waals surface area contributed by atoms with Crippen molar-refractivity contribution in [2.45, 2.75) is 44.3 Å². The van der Waals surface area contributed by atoms with Gasteiger partial charge in [-0.25, -0.2) is 4.98 Å². The minimum absolute atomic E-state index is 0. The molecule has 1 aromatic carbocycles. The number of nitrogens with zero attached hydrogens (tertiary/aromatic N) is 2. The summed E-state index contributed by atoms with van der Waals surface area (Å²) in [5.74, 6) is -0.339. The summed E-state index contributed by atoms with van der Waals surface area (Å²) in [5.41, 5.74) is 2.37. The van der Waals surface area contributed by atoms with Gasteiger partial charge in [-0.15, -0.1) is 23.7 Å². The fraction of sp³-hybridized carbons (Fsp3) is 0.458. The lowest BCUT2D eigenvalue weighted by Crippen LogP contribution is -2.48. The minimum atomic E-state index is -0.181. The Bertz CT molecular complexity index is 1210. The number of hydrogen-bond acceptors (Lipinski definition) is 6. The van der Waals surface area contributed by atoms with Crippen LogP contribution in [-0.4, -0.2) is 65.6 Å². The number of ether oxygens (including phenoxy) is 1. The average Bonchev–Trinajstić information content (AvgIpc) is 3.55. The Labute approximate surface area is 219 Å². The number of hydrogen-bond donors (Lipinski definition) is 3. The number of carbonyl (C=O) groups excluding carboxylic acids is 2. The van der Waals surface area contributed by atoms with Gasteiger partial charge in [0.1, 0.15) is 5.69 Å². The zero-order valence-corrected chi connectivity index (χ0v) is 21.8. The van der Waals surface area contributed by atoms with E-state index < -0.39 is 0 Å². The molecule has 5 rings (SSSR count). The molecular weight excluding hydrogens is 509 g/mol. The number of thiazole rings is 1. The summed E-state index contributed by atoms with van der Waals surface area (Å²) in [6.07, 6.45) is 3.45. The molecule has 2 amide bonds. The zero-order valence-electron chi connectivity index (χ0n) is 19.4. The highest BCUT2D eigenvalue weighted by atomic mass is 35.5. The third-order valence-electron chi connectivity index (χ3n) is 6.59. The minimum Gasteiger partial charge on any atom is -0.383 e. The van der Waals surface area contributed by atoms with Crippen molar-refractivity contribution in [1.29, 1.82) is 0 Å². The van der Waals surface area contributed by atoms with E-state index in [0.717, 1.165) is 66.8 Å². The Balaban J connectivity index is 0.00000289. The van der Waals surface area contributed by atoms with Crippen LogP contribution < -0.4 is 10.6 Å². The van der Waals surface area contributed by atoms with Gasteiger partial charge in [0.25, 0.3) is 11.8 Å². The Morgan fingerprint density at radius 3 is 2.77 bits per heavy atom. The number of aromatic amines is 1. The predicted octanol–water partition coefficient (Wildman–Crippen LogP) is 3.79. The molecule has 11 heteroatoms. The van der Waals surface area contributed by atoms with Gasteiger partial charge in [-0.05, 0) is 43.5 Å². The van der Waals surface area contributed by atoms with Gasteiger partial charge >= 0.3 is 0 Å². The number of aromatic nitrogens is 2. The van der Waals surface area contributed by atoms with Crippen LogP contribution in [0.2, 0.25) is 5.02 Å². The van der Waals surface area contributed by atoms with E-state index in [1.807, 2.05) is 12.1 Å². The lowest BCUT2D eigenvalue weighted by molar-refractivity contribution is 0.0889. The maximum atomic E-state index is 13.0. The van der Waals surface area contributed by atoms with Gasteiger partial charge in [-0.2, -0.15) is 0 Å². The van der Waals surface area contributed by atoms with E-state index in [2.05, 4.69) is 25.5 Å². The second kappa shape index (κ2) is 11.3. The summed E-state index contributed by atoms with van der Waals surface area (Å²) in [5, 5.41) is 8.24. The van der Waals surface area contributed by atoms with Crippen LogP contribution in [0.4, 0.5) is 0 Å². The second-order valence-corrected chi connectivity index (χ2v) is 10.4. The Morgan fingerprint density at radius 2 is 2.00 bits per heavy atom. The zero-order chi connectivity index (χ0) is 23.7. The van der Waals surface area contributed by atoms with Crippen LogP contribution >= 0.6 is 35.3 Å². The Hall–Kier alpha value is -2.17. The number of carbonyl (C=O) groups is 2. The number of rotatable bonds is 7. The number of H-pyrrole nitrogens is 1. The smallest absolute Gasteiger partial charge is 0.280 e. The SMILES string of the molecule is COCCN1CCc2nc(C(=O)N[C@@H]3CCC[C@H]3NC(=O)c3cc4cc(Cl)ccc4[nH]3)sc2C1.Cl. The second-order valence-electron chi connectivity index (χ2n) is 8.91. The van der Waals surface area contributed by atoms with E-state index in [-0.39, 0.29) is 36.3 Å². The average molecular weight is 539 g/mol. The van der Waals surface area contributed by atoms with Crippen molar-refractivity contribution in [3.63, 3.8) is 0 Å². The van der Waals surface area contributed by atoms with Crippen molar-refractivity contribution >= 4 is 58.1 Å². The maximum Gasteiger partial charge on any atom is 0.280 e. The highest BCUT2D eigenvalue weighted by Crippen LogP contribution is 2.26. The van der Waals surface area contributed by atoms with Crippen molar-refractivity contribution in [1.82, 2.24) is 25.5 Å². The number of halogens is 2. The Kier molecular flexibility index (Phi) is 8.34. The molecule has 0 saturated heterocycles. The van der Waals surface area contributed by atoms with Crippen molar-refractivity contribution in [3.05, 3.63) is 50.6 Å². The molecule has 2 aromatic heterocycles. The van der Waals surface area contributed by atoms with Crippen LogP contribution in [0.5, 0.6) is 0 Å². The summed E-state index contributed by atoms with van der Waals surface area (Å²) in [6, 6.07) is 7.04. The number of amides is 2. The molecule has 0 bridgehead atoms. The predicted molar refractivity (Wildman–Crippen MR) is 140 cm³/mol. The van der Waals surface area contributed by atoms with Crippen LogP contribution in [-0.2, 0) is 17.7 Å². The van der Waals surface area contributed by atoms with E-state index in [9.17, 15) is 9.59 Å². The first-order valence-corrected chi connectivity index (χ1v) is 12.8. The monoisotopic (exact) mass is 537 g/mol. The van der Waals surface area contributed by atoms with Gasteiger partial charge in [0.2, 0.25) is 0 Å². The van der Waals surface area contributed by atoms with Crippen LogP contribution in [0.25, 0.3) is 10.9 Å². The summed E-state index contributed by atoms with van der Waals surface area (Å²) in [6.45, 7) is 3.31. The van der Waals surface area contributed by atoms with Gasteiger partial charge in [0, 0.05) is 66.1 Å². The molecular formula is C24H29Cl2N5O3S. The van der Waals surface area contributed by atoms with E-state index in [0.29, 0.717) is 22.3 Å². The quantitative estimate of drug-likeness (QED) is 0.425. The van der Waals surface area contributed by atoms with E-state index in [1.165, 1.54) is 11.3 Å². The van der Waals surface area contributed by atoms with Crippen LogP contribution in [0, 0.1) is 0 Å². The summed E-state index contributed by atoms with van der Waals surface area (Å²) in [7, 11) is 1.71. The topological polar surface area (TPSA) is 99.3 Å². The molecule has 3 heterocycles. The van der Waals surface area contributed by atoms with Crippen molar-refractivity contribution < 1.29 is 14.3 Å². The van der Waals surface area contributed by atoms with E-state index in [1.54, 1.807) is 19.2 Å². The van der Waals surface area contributed by atoms with Gasteiger partial charge < -0.3 is 20.4 Å². The fourth-order valence-electron chi connectivity index (χ4n) is 4.76. The molecule has 1 aliphatic heterocycles. The molecule has 1 fully saturated rings. The third kappa shape index (κ3) is 5.81.